The lowest BCUT2D eigenvalue weighted by molar-refractivity contribution is -0.132. The first kappa shape index (κ1) is 24.4. The summed E-state index contributed by atoms with van der Waals surface area (Å²) in [6, 6.07) is 6.96. The summed E-state index contributed by atoms with van der Waals surface area (Å²) < 4.78 is 32.8. The number of carbonyl (C=O) groups excluding carboxylic acids is 2. The lowest BCUT2D eigenvalue weighted by Gasteiger charge is -2.34. The van der Waals surface area contributed by atoms with Gasteiger partial charge < -0.3 is 14.7 Å². The van der Waals surface area contributed by atoms with Crippen LogP contribution in [-0.4, -0.2) is 74.5 Å². The molecule has 2 amide bonds. The van der Waals surface area contributed by atoms with Crippen molar-refractivity contribution in [2.45, 2.75) is 43.9 Å². The minimum absolute atomic E-state index is 0.0536. The van der Waals surface area contributed by atoms with Gasteiger partial charge in [-0.1, -0.05) is 11.2 Å². The van der Waals surface area contributed by atoms with Gasteiger partial charge in [0.25, 0.3) is 0 Å². The predicted molar refractivity (Wildman–Crippen MR) is 126 cm³/mol. The van der Waals surface area contributed by atoms with Gasteiger partial charge in [0.1, 0.15) is 5.76 Å². The Kier molecular flexibility index (Phi) is 7.64. The van der Waals surface area contributed by atoms with Gasteiger partial charge in [0.05, 0.1) is 11.4 Å². The largest absolute Gasteiger partial charge is 0.360 e. The summed E-state index contributed by atoms with van der Waals surface area (Å²) in [7, 11) is -3.65. The summed E-state index contributed by atoms with van der Waals surface area (Å²) in [5.41, 5.74) is 2.33. The predicted octanol–water partition coefficient (Wildman–Crippen LogP) is 1.31. The molecule has 2 aliphatic rings. The Morgan fingerprint density at radius 1 is 1.06 bits per heavy atom. The number of hydrogen-bond acceptors (Lipinski definition) is 7. The van der Waals surface area contributed by atoms with Gasteiger partial charge in [0.2, 0.25) is 21.8 Å². The molecule has 10 nitrogen and oxygen atoms in total. The minimum atomic E-state index is -3.65. The number of fused-ring (bicyclic) bond motifs is 1. The molecule has 0 bridgehead atoms. The molecule has 0 atom stereocenters. The number of hydrogen-bond donors (Lipinski definition) is 2. The SMILES string of the molecule is Cc1cc(NC(=O)CN2CCN(C(=O)CCNS(=O)(=O)c3ccc4c(c3)CCCC4)CC2)no1. The molecular weight excluding hydrogens is 458 g/mol. The van der Waals surface area contributed by atoms with Crippen molar-refractivity contribution in [3.8, 4) is 0 Å². The lowest BCUT2D eigenvalue weighted by Crippen LogP contribution is -2.50. The average molecular weight is 490 g/mol. The zero-order valence-corrected chi connectivity index (χ0v) is 20.2. The number of piperazine rings is 1. The van der Waals surface area contributed by atoms with Gasteiger partial charge in [-0.3, -0.25) is 14.5 Å². The first-order valence-electron chi connectivity index (χ1n) is 11.6. The monoisotopic (exact) mass is 489 g/mol. The average Bonchev–Trinajstić information content (AvgIpc) is 3.23. The van der Waals surface area contributed by atoms with Crippen molar-refractivity contribution < 1.29 is 22.5 Å². The van der Waals surface area contributed by atoms with E-state index in [1.54, 1.807) is 30.0 Å². The summed E-state index contributed by atoms with van der Waals surface area (Å²) in [6.45, 7) is 4.12. The molecule has 1 aromatic carbocycles. The van der Waals surface area contributed by atoms with E-state index in [0.717, 1.165) is 31.2 Å². The van der Waals surface area contributed by atoms with Gasteiger partial charge in [-0.05, 0) is 55.9 Å². The second-order valence-electron chi connectivity index (χ2n) is 8.81. The van der Waals surface area contributed by atoms with Crippen molar-refractivity contribution in [2.24, 2.45) is 0 Å². The van der Waals surface area contributed by atoms with Gasteiger partial charge in [-0.25, -0.2) is 13.1 Å². The van der Waals surface area contributed by atoms with Crippen molar-refractivity contribution in [3.05, 3.63) is 41.2 Å². The number of anilines is 1. The number of nitrogens with one attached hydrogen (secondary N) is 2. The molecule has 0 spiro atoms. The zero-order valence-electron chi connectivity index (χ0n) is 19.4. The van der Waals surface area contributed by atoms with Gasteiger partial charge >= 0.3 is 0 Å². The van der Waals surface area contributed by atoms with E-state index >= 15 is 0 Å². The fourth-order valence-electron chi connectivity index (χ4n) is 4.38. The molecule has 1 aliphatic carbocycles. The van der Waals surface area contributed by atoms with E-state index in [1.807, 2.05) is 11.0 Å². The minimum Gasteiger partial charge on any atom is -0.360 e. The van der Waals surface area contributed by atoms with Crippen LogP contribution in [0.5, 0.6) is 0 Å². The molecule has 34 heavy (non-hydrogen) atoms. The molecule has 1 saturated heterocycles. The third-order valence-electron chi connectivity index (χ3n) is 6.25. The van der Waals surface area contributed by atoms with Gasteiger partial charge in [-0.15, -0.1) is 0 Å². The van der Waals surface area contributed by atoms with Gasteiger partial charge in [-0.2, -0.15) is 0 Å². The summed E-state index contributed by atoms with van der Waals surface area (Å²) in [4.78, 5) is 28.6. The third kappa shape index (κ3) is 6.22. The topological polar surface area (TPSA) is 125 Å². The summed E-state index contributed by atoms with van der Waals surface area (Å²) >= 11 is 0. The normalized spacial score (nSPS) is 16.8. The van der Waals surface area contributed by atoms with Crippen LogP contribution in [-0.2, 0) is 32.5 Å². The van der Waals surface area contributed by atoms with E-state index in [-0.39, 0.29) is 36.2 Å². The van der Waals surface area contributed by atoms with E-state index in [2.05, 4.69) is 15.2 Å². The molecule has 1 aromatic heterocycles. The lowest BCUT2D eigenvalue weighted by atomic mass is 9.92. The van der Waals surface area contributed by atoms with Crippen molar-refractivity contribution in [1.29, 1.82) is 0 Å². The van der Waals surface area contributed by atoms with E-state index in [4.69, 9.17) is 4.52 Å². The zero-order chi connectivity index (χ0) is 24.1. The fraction of sp³-hybridized carbons (Fsp3) is 0.522. The third-order valence-corrected chi connectivity index (χ3v) is 7.71. The Morgan fingerprint density at radius 3 is 2.50 bits per heavy atom. The van der Waals surface area contributed by atoms with Crippen molar-refractivity contribution in [3.63, 3.8) is 0 Å². The Bertz CT molecular complexity index is 1140. The molecule has 2 heterocycles. The molecule has 0 radical (unpaired) electrons. The van der Waals surface area contributed by atoms with Crippen LogP contribution in [0, 0.1) is 6.92 Å². The highest BCUT2D eigenvalue weighted by atomic mass is 32.2. The molecule has 1 fully saturated rings. The molecule has 11 heteroatoms. The number of nitrogens with zero attached hydrogens (tertiary/aromatic N) is 3. The van der Waals surface area contributed by atoms with E-state index < -0.39 is 10.0 Å². The van der Waals surface area contributed by atoms with Crippen LogP contribution in [0.15, 0.2) is 33.7 Å². The Balaban J connectivity index is 1.19. The molecule has 1 aliphatic heterocycles. The highest BCUT2D eigenvalue weighted by molar-refractivity contribution is 7.89. The van der Waals surface area contributed by atoms with Crippen LogP contribution in [0.4, 0.5) is 5.82 Å². The maximum atomic E-state index is 12.7. The van der Waals surface area contributed by atoms with Crippen LogP contribution < -0.4 is 10.0 Å². The van der Waals surface area contributed by atoms with Crippen molar-refractivity contribution >= 4 is 27.7 Å². The highest BCUT2D eigenvalue weighted by Gasteiger charge is 2.23. The van der Waals surface area contributed by atoms with Crippen molar-refractivity contribution in [1.82, 2.24) is 19.7 Å². The Morgan fingerprint density at radius 2 is 1.79 bits per heavy atom. The fourth-order valence-corrected chi connectivity index (χ4v) is 5.46. The van der Waals surface area contributed by atoms with Crippen LogP contribution >= 0.6 is 0 Å². The Labute approximate surface area is 199 Å². The standard InChI is InChI=1S/C23H31N5O5S/c1-17-14-21(26-33-17)25-22(29)16-27-10-12-28(13-11-27)23(30)8-9-24-34(31,32)20-7-6-18-4-2-3-5-19(18)15-20/h6-7,14-15,24H,2-5,8-13,16H2,1H3,(H,25,26,29). The van der Waals surface area contributed by atoms with Crippen molar-refractivity contribution in [2.75, 3.05) is 44.6 Å². The number of aromatic nitrogens is 1. The number of sulfonamides is 1. The first-order valence-corrected chi connectivity index (χ1v) is 13.1. The second kappa shape index (κ2) is 10.7. The smallest absolute Gasteiger partial charge is 0.240 e. The molecule has 184 valence electrons. The quantitative estimate of drug-likeness (QED) is 0.573. The highest BCUT2D eigenvalue weighted by Crippen LogP contribution is 2.24. The van der Waals surface area contributed by atoms with Gasteiger partial charge in [0, 0.05) is 45.2 Å². The van der Waals surface area contributed by atoms with E-state index in [9.17, 15) is 18.0 Å². The van der Waals surface area contributed by atoms with Crippen LogP contribution in [0.2, 0.25) is 0 Å². The second-order valence-corrected chi connectivity index (χ2v) is 10.6. The van der Waals surface area contributed by atoms with Gasteiger partial charge in [0.15, 0.2) is 5.82 Å². The number of benzene rings is 1. The first-order chi connectivity index (χ1) is 16.3. The van der Waals surface area contributed by atoms with Crippen LogP contribution in [0.3, 0.4) is 0 Å². The number of amides is 2. The number of aryl methyl sites for hydroxylation is 3. The summed E-state index contributed by atoms with van der Waals surface area (Å²) in [5, 5.41) is 6.43. The molecule has 0 saturated carbocycles. The maximum absolute atomic E-state index is 12.7. The molecule has 4 rings (SSSR count). The van der Waals surface area contributed by atoms with E-state index in [1.165, 1.54) is 5.56 Å². The van der Waals surface area contributed by atoms with Crippen LogP contribution in [0.1, 0.15) is 36.1 Å². The Hall–Kier alpha value is -2.76. The van der Waals surface area contributed by atoms with Crippen LogP contribution in [0.25, 0.3) is 0 Å². The summed E-state index contributed by atoms with van der Waals surface area (Å²) in [5.74, 6) is 0.710. The maximum Gasteiger partial charge on any atom is 0.240 e. The summed E-state index contributed by atoms with van der Waals surface area (Å²) in [6.07, 6.45) is 4.22. The number of carbonyl (C=O) groups is 2. The molecule has 2 aromatic rings. The molecular formula is C23H31N5O5S. The number of rotatable bonds is 8. The molecule has 0 unspecified atom stereocenters. The molecule has 2 N–H and O–H groups in total. The van der Waals surface area contributed by atoms with E-state index in [0.29, 0.717) is 37.8 Å².